The highest BCUT2D eigenvalue weighted by Gasteiger charge is 2.20. The Bertz CT molecular complexity index is 3270. The Morgan fingerprint density at radius 3 is 1.66 bits per heavy atom. The fraction of sp³-hybridized carbons (Fsp3) is 0. The highest BCUT2D eigenvalue weighted by molar-refractivity contribution is 7.25. The fourth-order valence-electron chi connectivity index (χ4n) is 8.61. The lowest BCUT2D eigenvalue weighted by Gasteiger charge is -2.29. The molecule has 0 atom stereocenters. The third-order valence-corrected chi connectivity index (χ3v) is 12.5. The molecule has 0 amide bonds. The van der Waals surface area contributed by atoms with Crippen LogP contribution >= 0.6 is 11.3 Å². The second-order valence-corrected chi connectivity index (χ2v) is 16.0. The third kappa shape index (κ3) is 6.39. The SMILES string of the molecule is c1ccc(-c2cccc(N(c3ccccc3)c3ccc(N(c4ccc5c(c4)sc4ccccc45)c4cccc5ccc(-c6cccc7ccccc67)cc45)cc3)c2)cc1. The summed E-state index contributed by atoms with van der Waals surface area (Å²) in [5, 5.41) is 7.49. The van der Waals surface area contributed by atoms with Crippen LogP contribution in [0.3, 0.4) is 0 Å². The van der Waals surface area contributed by atoms with Gasteiger partial charge in [0, 0.05) is 54.0 Å². The molecule has 0 unspecified atom stereocenters. The van der Waals surface area contributed by atoms with Crippen LogP contribution in [0.15, 0.2) is 231 Å². The number of para-hydroxylation sites is 1. The van der Waals surface area contributed by atoms with Crippen LogP contribution in [-0.2, 0) is 0 Å². The zero-order valence-electron chi connectivity index (χ0n) is 32.2. The zero-order valence-corrected chi connectivity index (χ0v) is 33.1. The minimum absolute atomic E-state index is 1.08. The summed E-state index contributed by atoms with van der Waals surface area (Å²) in [5.74, 6) is 0. The van der Waals surface area contributed by atoms with Crippen LogP contribution in [0.5, 0.6) is 0 Å². The Kier molecular flexibility index (Phi) is 8.72. The van der Waals surface area contributed by atoms with Crippen molar-refractivity contribution in [1.29, 1.82) is 0 Å². The van der Waals surface area contributed by atoms with E-state index in [2.05, 4.69) is 240 Å². The number of fused-ring (bicyclic) bond motifs is 5. The first-order valence-electron chi connectivity index (χ1n) is 20.1. The van der Waals surface area contributed by atoms with E-state index in [-0.39, 0.29) is 0 Å². The molecule has 1 heterocycles. The van der Waals surface area contributed by atoms with Crippen LogP contribution in [-0.4, -0.2) is 0 Å². The maximum atomic E-state index is 2.44. The maximum Gasteiger partial charge on any atom is 0.0540 e. The second kappa shape index (κ2) is 14.8. The minimum atomic E-state index is 1.08. The van der Waals surface area contributed by atoms with Gasteiger partial charge >= 0.3 is 0 Å². The molecule has 0 bridgehead atoms. The van der Waals surface area contributed by atoms with Gasteiger partial charge in [-0.1, -0.05) is 152 Å². The molecule has 11 rings (SSSR count). The van der Waals surface area contributed by atoms with E-state index in [4.69, 9.17) is 0 Å². The van der Waals surface area contributed by atoms with Crippen LogP contribution in [0.25, 0.3) is 64.0 Å². The summed E-state index contributed by atoms with van der Waals surface area (Å²) in [4.78, 5) is 4.78. The summed E-state index contributed by atoms with van der Waals surface area (Å²) in [6, 6.07) is 83.7. The Balaban J connectivity index is 1.08. The lowest BCUT2D eigenvalue weighted by Crippen LogP contribution is -2.12. The van der Waals surface area contributed by atoms with E-state index in [1.165, 1.54) is 64.0 Å². The minimum Gasteiger partial charge on any atom is -0.310 e. The topological polar surface area (TPSA) is 6.48 Å². The van der Waals surface area contributed by atoms with Gasteiger partial charge in [-0.2, -0.15) is 0 Å². The molecule has 0 N–H and O–H groups in total. The third-order valence-electron chi connectivity index (χ3n) is 11.4. The van der Waals surface area contributed by atoms with Gasteiger partial charge in [-0.15, -0.1) is 11.3 Å². The first-order valence-corrected chi connectivity index (χ1v) is 20.9. The van der Waals surface area contributed by atoms with Crippen LogP contribution in [0, 0.1) is 0 Å². The number of thiophene rings is 1. The second-order valence-electron chi connectivity index (χ2n) is 15.0. The first-order chi connectivity index (χ1) is 29.2. The van der Waals surface area contributed by atoms with Gasteiger partial charge in [0.25, 0.3) is 0 Å². The molecule has 0 saturated carbocycles. The van der Waals surface area contributed by atoms with Crippen LogP contribution in [0.2, 0.25) is 0 Å². The molecule has 0 aliphatic rings. The molecule has 3 heteroatoms. The zero-order chi connectivity index (χ0) is 39.1. The van der Waals surface area contributed by atoms with Gasteiger partial charge in [-0.05, 0) is 117 Å². The van der Waals surface area contributed by atoms with Crippen molar-refractivity contribution in [3.8, 4) is 22.3 Å². The average molecular weight is 771 g/mol. The highest BCUT2D eigenvalue weighted by Crippen LogP contribution is 2.45. The summed E-state index contributed by atoms with van der Waals surface area (Å²) >= 11 is 1.86. The largest absolute Gasteiger partial charge is 0.310 e. The molecule has 0 aliphatic carbocycles. The molecule has 0 aliphatic heterocycles. The van der Waals surface area contributed by atoms with Gasteiger partial charge in [0.15, 0.2) is 0 Å². The number of hydrogen-bond acceptors (Lipinski definition) is 3. The summed E-state index contributed by atoms with van der Waals surface area (Å²) in [6.07, 6.45) is 0. The van der Waals surface area contributed by atoms with Crippen LogP contribution < -0.4 is 9.80 Å². The van der Waals surface area contributed by atoms with Crippen molar-refractivity contribution in [3.63, 3.8) is 0 Å². The van der Waals surface area contributed by atoms with Gasteiger partial charge in [-0.3, -0.25) is 0 Å². The van der Waals surface area contributed by atoms with E-state index in [1.54, 1.807) is 0 Å². The molecule has 278 valence electrons. The van der Waals surface area contributed by atoms with E-state index in [0.29, 0.717) is 0 Å². The molecule has 0 fully saturated rings. The smallest absolute Gasteiger partial charge is 0.0540 e. The normalized spacial score (nSPS) is 11.4. The highest BCUT2D eigenvalue weighted by atomic mass is 32.1. The molecule has 0 spiro atoms. The van der Waals surface area contributed by atoms with Gasteiger partial charge in [0.1, 0.15) is 0 Å². The molecule has 59 heavy (non-hydrogen) atoms. The first kappa shape index (κ1) is 34.8. The van der Waals surface area contributed by atoms with Gasteiger partial charge < -0.3 is 9.80 Å². The number of rotatable bonds is 8. The number of nitrogens with zero attached hydrogens (tertiary/aromatic N) is 2. The Hall–Kier alpha value is -7.46. The molecule has 2 nitrogen and oxygen atoms in total. The predicted octanol–water partition coefficient (Wildman–Crippen LogP) is 16.6. The summed E-state index contributed by atoms with van der Waals surface area (Å²) < 4.78 is 2.58. The molecule has 0 radical (unpaired) electrons. The van der Waals surface area contributed by atoms with Crippen molar-refractivity contribution < 1.29 is 0 Å². The molecule has 1 aromatic heterocycles. The molecular formula is C56H38N2S. The Morgan fingerprint density at radius 1 is 0.271 bits per heavy atom. The fourth-order valence-corrected chi connectivity index (χ4v) is 9.75. The molecule has 11 aromatic rings. The standard InChI is InChI=1S/C56H38N2S/c1-3-14-39(15-4-1)42-19-11-22-47(36-42)57(44-20-5-2-6-21-44)45-30-32-46(33-31-45)58(48-34-35-52-51-24-9-10-27-55(51)59-56(52)38-48)54-26-13-18-41-28-29-43(37-53(41)54)50-25-12-17-40-16-7-8-23-49(40)50/h1-38H. The van der Waals surface area contributed by atoms with Gasteiger partial charge in [0.05, 0.1) is 5.69 Å². The predicted molar refractivity (Wildman–Crippen MR) is 255 cm³/mol. The van der Waals surface area contributed by atoms with Crippen LogP contribution in [0.4, 0.5) is 34.1 Å². The number of hydrogen-bond donors (Lipinski definition) is 0. The maximum absolute atomic E-state index is 2.44. The van der Waals surface area contributed by atoms with E-state index < -0.39 is 0 Å². The lowest BCUT2D eigenvalue weighted by molar-refractivity contribution is 1.26. The van der Waals surface area contributed by atoms with Gasteiger partial charge in [-0.25, -0.2) is 0 Å². The van der Waals surface area contributed by atoms with Crippen molar-refractivity contribution in [2.45, 2.75) is 0 Å². The van der Waals surface area contributed by atoms with Crippen molar-refractivity contribution >= 4 is 87.2 Å². The lowest BCUT2D eigenvalue weighted by atomic mass is 9.95. The summed E-state index contributed by atoms with van der Waals surface area (Å²) in [5.41, 5.74) is 11.5. The monoisotopic (exact) mass is 770 g/mol. The van der Waals surface area contributed by atoms with Crippen molar-refractivity contribution in [1.82, 2.24) is 0 Å². The number of benzene rings is 10. The Morgan fingerprint density at radius 2 is 0.831 bits per heavy atom. The van der Waals surface area contributed by atoms with Gasteiger partial charge in [0.2, 0.25) is 0 Å². The molecule has 10 aromatic carbocycles. The van der Waals surface area contributed by atoms with Crippen molar-refractivity contribution in [2.24, 2.45) is 0 Å². The number of anilines is 6. The quantitative estimate of drug-likeness (QED) is 0.152. The van der Waals surface area contributed by atoms with E-state index >= 15 is 0 Å². The van der Waals surface area contributed by atoms with Crippen LogP contribution in [0.1, 0.15) is 0 Å². The average Bonchev–Trinajstić information content (AvgIpc) is 3.68. The summed E-state index contributed by atoms with van der Waals surface area (Å²) in [6.45, 7) is 0. The van der Waals surface area contributed by atoms with Crippen molar-refractivity contribution in [3.05, 3.63) is 231 Å². The van der Waals surface area contributed by atoms with E-state index in [0.717, 1.165) is 34.1 Å². The van der Waals surface area contributed by atoms with Crippen molar-refractivity contribution in [2.75, 3.05) is 9.80 Å². The molecular weight excluding hydrogens is 733 g/mol. The van der Waals surface area contributed by atoms with E-state index in [9.17, 15) is 0 Å². The summed E-state index contributed by atoms with van der Waals surface area (Å²) in [7, 11) is 0. The molecule has 0 saturated heterocycles. The van der Waals surface area contributed by atoms with E-state index in [1.807, 2.05) is 11.3 Å². The Labute approximate surface area is 348 Å².